The maximum atomic E-state index is 11.5. The molecule has 0 spiro atoms. The number of nitrogens with zero attached hydrogens (tertiary/aromatic N) is 13. The van der Waals surface area contributed by atoms with Crippen LogP contribution in [0.2, 0.25) is 0 Å². The minimum Gasteiger partial charge on any atom is -0.331 e. The number of aliphatic imine (C=N–C) groups is 1. The minimum atomic E-state index is -0.0967. The van der Waals surface area contributed by atoms with Gasteiger partial charge in [0.15, 0.2) is 11.4 Å². The lowest BCUT2D eigenvalue weighted by Crippen LogP contribution is -2.37. The summed E-state index contributed by atoms with van der Waals surface area (Å²) in [7, 11) is 0. The van der Waals surface area contributed by atoms with Crippen molar-refractivity contribution in [3.63, 3.8) is 0 Å². The van der Waals surface area contributed by atoms with Crippen LogP contribution in [0.5, 0.6) is 0 Å². The van der Waals surface area contributed by atoms with Crippen molar-refractivity contribution in [1.29, 1.82) is 0 Å². The number of hydrogen-bond acceptors (Lipinski definition) is 13. The summed E-state index contributed by atoms with van der Waals surface area (Å²) in [5.41, 5.74) is 9.23. The molecule has 0 fully saturated rings. The number of aromatic amines is 1. The van der Waals surface area contributed by atoms with Gasteiger partial charge in [-0.15, -0.1) is 0 Å². The second-order valence-electron chi connectivity index (χ2n) is 21.8. The smallest absolute Gasteiger partial charge is 0.260 e. The molecule has 452 valence electrons. The van der Waals surface area contributed by atoms with Crippen molar-refractivity contribution in [1.82, 2.24) is 68.3 Å². The van der Waals surface area contributed by atoms with E-state index >= 15 is 0 Å². The Morgan fingerprint density at radius 2 is 1.02 bits per heavy atom. The molecule has 0 atom stereocenters. The Morgan fingerprint density at radius 3 is 1.57 bits per heavy atom. The normalized spacial score (nSPS) is 13.7. The van der Waals surface area contributed by atoms with Crippen molar-refractivity contribution in [2.45, 2.75) is 203 Å². The Kier molecular flexibility index (Phi) is 25.7. The van der Waals surface area contributed by atoms with E-state index in [1.54, 1.807) is 31.0 Å². The van der Waals surface area contributed by atoms with Gasteiger partial charge in [-0.3, -0.25) is 19.2 Å². The van der Waals surface area contributed by atoms with Crippen LogP contribution in [0.25, 0.3) is 33.2 Å². The van der Waals surface area contributed by atoms with Crippen LogP contribution in [0.1, 0.15) is 196 Å². The third-order valence-electron chi connectivity index (χ3n) is 13.2. The van der Waals surface area contributed by atoms with E-state index in [9.17, 15) is 19.2 Å². The number of rotatable bonds is 6. The number of carbonyl (C=O) groups is 3. The zero-order valence-corrected chi connectivity index (χ0v) is 50.7. The van der Waals surface area contributed by atoms with Crippen LogP contribution >= 0.6 is 0 Å². The molecule has 2 amide bonds. The zero-order chi connectivity index (χ0) is 59.8. The summed E-state index contributed by atoms with van der Waals surface area (Å²) < 4.78 is 8.25. The molecule has 0 aliphatic carbocycles. The Balaban J connectivity index is 0.000000338. The number of aromatic nitrogens is 11. The molecule has 20 heteroatoms. The summed E-state index contributed by atoms with van der Waals surface area (Å²) in [6, 6.07) is 7.75. The Bertz CT molecular complexity index is 3480. The number of aryl methyl sites for hydroxylation is 5. The van der Waals surface area contributed by atoms with Crippen LogP contribution in [-0.2, 0) is 9.59 Å². The SMILES string of the molecule is C.C.C.C=C1N=C(C)C(C)=CN1C(C)C.C=C1NC(=O)c2ccn(C(C)C)c2N1.CC1=CN(C(C)C)C(=O)CC1=O.Cc1nc(C)c2ccn(C(C)C)c2n1.Cc1nc(C)c2ncn(C(C)C)c2n1.Cc1nc2c(ccn2C(C)C)c(=O)[nH]1. The van der Waals surface area contributed by atoms with Crippen LogP contribution < -0.4 is 16.2 Å². The summed E-state index contributed by atoms with van der Waals surface area (Å²) in [6.07, 6.45) is 11.5. The van der Waals surface area contributed by atoms with Crippen LogP contribution in [0.4, 0.5) is 5.82 Å². The maximum Gasteiger partial charge on any atom is 0.260 e. The fraction of sp³-hybridized carbons (Fsp3) is 0.476. The first-order valence-corrected chi connectivity index (χ1v) is 27.2. The first-order chi connectivity index (χ1) is 37.4. The maximum absolute atomic E-state index is 11.5. The molecule has 0 bridgehead atoms. The quantitative estimate of drug-likeness (QED) is 0.132. The molecule has 7 aromatic rings. The van der Waals surface area contributed by atoms with Crippen molar-refractivity contribution in [2.24, 2.45) is 4.99 Å². The van der Waals surface area contributed by atoms with Crippen molar-refractivity contribution in [2.75, 3.05) is 5.32 Å². The highest BCUT2D eigenvalue weighted by Gasteiger charge is 2.25. The van der Waals surface area contributed by atoms with E-state index in [1.807, 2.05) is 82.4 Å². The molecule has 0 saturated heterocycles. The summed E-state index contributed by atoms with van der Waals surface area (Å²) in [6.45, 7) is 48.0. The topological polar surface area (TPSA) is 224 Å². The highest BCUT2D eigenvalue weighted by atomic mass is 16.2. The van der Waals surface area contributed by atoms with E-state index in [1.165, 1.54) is 5.57 Å². The lowest BCUT2D eigenvalue weighted by Gasteiger charge is -2.28. The Hall–Kier alpha value is -8.29. The molecule has 7 aromatic heterocycles. The number of ketones is 1. The van der Waals surface area contributed by atoms with Gasteiger partial charge in [0.2, 0.25) is 5.91 Å². The number of amides is 2. The molecule has 3 aliphatic rings. The van der Waals surface area contributed by atoms with E-state index in [0.717, 1.165) is 68.2 Å². The van der Waals surface area contributed by atoms with Gasteiger partial charge >= 0.3 is 0 Å². The van der Waals surface area contributed by atoms with Gasteiger partial charge < -0.3 is 43.7 Å². The van der Waals surface area contributed by atoms with E-state index in [0.29, 0.717) is 58.4 Å². The number of carbonyl (C=O) groups excluding carboxylic acids is 3. The fourth-order valence-corrected chi connectivity index (χ4v) is 8.77. The molecular formula is C63H96N16O4. The second-order valence-corrected chi connectivity index (χ2v) is 21.8. The van der Waals surface area contributed by atoms with Crippen molar-refractivity contribution in [3.8, 4) is 0 Å². The average molecular weight is 1140 g/mol. The molecule has 0 unspecified atom stereocenters. The third kappa shape index (κ3) is 17.4. The van der Waals surface area contributed by atoms with Gasteiger partial charge in [-0.25, -0.2) is 34.9 Å². The molecule has 20 nitrogen and oxygen atoms in total. The largest absolute Gasteiger partial charge is 0.331 e. The molecule has 3 N–H and O–H groups in total. The number of nitrogens with one attached hydrogen (secondary N) is 3. The number of fused-ring (bicyclic) bond motifs is 4. The standard InChI is InChI=1S/C11H15N3.C10H14N4.2C10H13N3O.C10H16N2.C9H13NO2.3CH4/c1-7(2)14-6-5-10-8(3)12-9(4)13-11(10)14;1-6(2)14-5-11-9-7(3)12-8(4)13-10(9)14;2*1-6(2)13-5-4-8-9(13)11-7(3)12-10(8)14;1-7(2)12-6-8(3)9(4)11-10(12)5;1-6(2)10-5-7(3)8(11)4-9(10)12;;;/h5-7H,1-4H3;5-6H,1-4H3;4-6H,1-3H3,(H,11,12,14);4-6,11H,3H2,1-2H3,(H,12,14);6-7H,5H2,1-4H3;5-6H,4H2,1-3H3;3*1H4. The van der Waals surface area contributed by atoms with Gasteiger partial charge in [-0.2, -0.15) is 0 Å². The average Bonchev–Trinajstić information content (AvgIpc) is 4.19. The number of imidazole rings is 1. The second kappa shape index (κ2) is 30.1. The minimum absolute atomic E-state index is 0. The monoisotopic (exact) mass is 1140 g/mol. The Labute approximate surface area is 493 Å². The lowest BCUT2D eigenvalue weighted by molar-refractivity contribution is -0.134. The van der Waals surface area contributed by atoms with Crippen LogP contribution in [-0.4, -0.2) is 98.3 Å². The fourth-order valence-electron chi connectivity index (χ4n) is 8.77. The van der Waals surface area contributed by atoms with Gasteiger partial charge in [0, 0.05) is 83.9 Å². The van der Waals surface area contributed by atoms with Crippen LogP contribution in [0, 0.1) is 34.6 Å². The Morgan fingerprint density at radius 1 is 0.530 bits per heavy atom. The molecule has 0 aromatic carbocycles. The van der Waals surface area contributed by atoms with E-state index in [-0.39, 0.29) is 57.9 Å². The van der Waals surface area contributed by atoms with Crippen molar-refractivity contribution < 1.29 is 14.4 Å². The van der Waals surface area contributed by atoms with E-state index < -0.39 is 0 Å². The van der Waals surface area contributed by atoms with Gasteiger partial charge in [0.1, 0.15) is 51.7 Å². The highest BCUT2D eigenvalue weighted by Crippen LogP contribution is 2.26. The van der Waals surface area contributed by atoms with Crippen LogP contribution in [0.3, 0.4) is 0 Å². The van der Waals surface area contributed by atoms with E-state index in [4.69, 9.17) is 0 Å². The predicted octanol–water partition coefficient (Wildman–Crippen LogP) is 13.5. The van der Waals surface area contributed by atoms with Crippen LogP contribution in [0.15, 0.2) is 101 Å². The summed E-state index contributed by atoms with van der Waals surface area (Å²) >= 11 is 0. The number of Topliss-reactive ketones (excluding diaryl/α,β-unsaturated/α-hetero) is 1. The highest BCUT2D eigenvalue weighted by molar-refractivity contribution is 6.09. The molecule has 83 heavy (non-hydrogen) atoms. The van der Waals surface area contributed by atoms with Crippen molar-refractivity contribution in [3.05, 3.63) is 136 Å². The number of hydrogen-bond donors (Lipinski definition) is 3. The number of H-pyrrole nitrogens is 1. The van der Waals surface area contributed by atoms with Gasteiger partial charge in [-0.05, 0) is 162 Å². The number of allylic oxidation sites excluding steroid dienone is 2. The van der Waals surface area contributed by atoms with Gasteiger partial charge in [-0.1, -0.05) is 35.4 Å². The zero-order valence-electron chi connectivity index (χ0n) is 50.7. The molecule has 0 radical (unpaired) electrons. The van der Waals surface area contributed by atoms with E-state index in [2.05, 4.69) is 172 Å². The molecule has 10 rings (SSSR count). The first kappa shape index (κ1) is 70.8. The molecule has 10 heterocycles. The summed E-state index contributed by atoms with van der Waals surface area (Å²) in [5.74, 6) is 4.25. The van der Waals surface area contributed by atoms with Gasteiger partial charge in [0.05, 0.1) is 35.1 Å². The summed E-state index contributed by atoms with van der Waals surface area (Å²) in [4.78, 5) is 82.2. The third-order valence-corrected chi connectivity index (χ3v) is 13.2. The molecule has 0 saturated carbocycles. The summed E-state index contributed by atoms with van der Waals surface area (Å²) in [5, 5.41) is 7.50. The van der Waals surface area contributed by atoms with Gasteiger partial charge in [0.25, 0.3) is 11.5 Å². The molecular weight excluding hydrogens is 1040 g/mol. The predicted molar refractivity (Wildman–Crippen MR) is 342 cm³/mol. The lowest BCUT2D eigenvalue weighted by atomic mass is 10.1. The molecule has 3 aliphatic heterocycles. The first-order valence-electron chi connectivity index (χ1n) is 27.2. The van der Waals surface area contributed by atoms with Crippen molar-refractivity contribution >= 4 is 62.4 Å². The number of anilines is 1.